The maximum absolute atomic E-state index is 14.0. The van der Waals surface area contributed by atoms with Crippen molar-refractivity contribution in [1.29, 1.82) is 0 Å². The number of carbonyl (C=O) groups is 1. The first kappa shape index (κ1) is 33.6. The van der Waals surface area contributed by atoms with Crippen molar-refractivity contribution in [3.63, 3.8) is 0 Å². The van der Waals surface area contributed by atoms with E-state index in [1.165, 1.54) is 58.7 Å². The van der Waals surface area contributed by atoms with Crippen molar-refractivity contribution in [3.05, 3.63) is 106 Å². The number of urea groups is 1. The molecule has 0 aliphatic rings. The summed E-state index contributed by atoms with van der Waals surface area (Å²) in [4.78, 5) is 22.1. The van der Waals surface area contributed by atoms with Crippen molar-refractivity contribution in [2.45, 2.75) is 53.3 Å². The van der Waals surface area contributed by atoms with Gasteiger partial charge in [-0.05, 0) is 78.3 Å². The average molecular weight is 667 g/mol. The van der Waals surface area contributed by atoms with Crippen LogP contribution in [0, 0.1) is 18.2 Å². The molecule has 1 N–H and O–H groups in total. The molecule has 0 bridgehead atoms. The zero-order valence-corrected chi connectivity index (χ0v) is 27.3. The van der Waals surface area contributed by atoms with Gasteiger partial charge in [0.2, 0.25) is 0 Å². The zero-order valence-electron chi connectivity index (χ0n) is 26.5. The minimum absolute atomic E-state index is 0.0776. The van der Waals surface area contributed by atoms with Gasteiger partial charge in [-0.3, -0.25) is 4.57 Å². The molecule has 13 heteroatoms. The summed E-state index contributed by atoms with van der Waals surface area (Å²) >= 11 is 1.35. The number of benzene rings is 3. The number of hydrogen-bond donors (Lipinski definition) is 1. The fourth-order valence-corrected chi connectivity index (χ4v) is 5.97. The lowest BCUT2D eigenvalue weighted by Gasteiger charge is -2.24. The van der Waals surface area contributed by atoms with E-state index in [4.69, 9.17) is 0 Å². The highest BCUT2D eigenvalue weighted by Gasteiger charge is 2.31. The first-order chi connectivity index (χ1) is 22.2. The summed E-state index contributed by atoms with van der Waals surface area (Å²) in [6.45, 7) is 10.4. The van der Waals surface area contributed by atoms with Crippen LogP contribution in [0.25, 0.3) is 22.8 Å². The van der Waals surface area contributed by atoms with E-state index in [1.54, 1.807) is 6.07 Å². The molecule has 3 aromatic carbocycles. The highest BCUT2D eigenvalue weighted by atomic mass is 32.1. The standard InChI is InChI=1S/C34H34F4N6O2S/c1-21(2)28-16-25(35)10-15-29(28)44-22(3)18-47-32(44)41-31(45)39-19-33(4,5)17-23-6-8-24(9-7-23)30-40-20-43(42-30)26-11-13-27(14-12-26)46-34(36,37)38/h6-16,18,20-21H,17,19H2,1-5H3,(H,39,45). The van der Waals surface area contributed by atoms with Crippen LogP contribution in [-0.4, -0.2) is 38.3 Å². The summed E-state index contributed by atoms with van der Waals surface area (Å²) in [6, 6.07) is 17.3. The number of rotatable bonds is 9. The molecule has 0 fully saturated rings. The van der Waals surface area contributed by atoms with E-state index in [0.29, 0.717) is 29.3 Å². The maximum atomic E-state index is 14.0. The number of carbonyl (C=O) groups excluding carboxylic acids is 1. The minimum atomic E-state index is -4.76. The molecule has 2 amide bonds. The number of ether oxygens (including phenoxy) is 1. The van der Waals surface area contributed by atoms with Gasteiger partial charge in [0.25, 0.3) is 0 Å². The Morgan fingerprint density at radius 1 is 1.04 bits per heavy atom. The van der Waals surface area contributed by atoms with Crippen LogP contribution in [0.3, 0.4) is 0 Å². The van der Waals surface area contributed by atoms with Crippen molar-refractivity contribution in [3.8, 4) is 28.5 Å². The van der Waals surface area contributed by atoms with E-state index in [-0.39, 0.29) is 22.9 Å². The molecule has 246 valence electrons. The van der Waals surface area contributed by atoms with Crippen LogP contribution < -0.4 is 14.9 Å². The lowest BCUT2D eigenvalue weighted by atomic mass is 9.85. The van der Waals surface area contributed by atoms with Gasteiger partial charge in [-0.1, -0.05) is 52.0 Å². The van der Waals surface area contributed by atoms with Gasteiger partial charge in [0.05, 0.1) is 11.4 Å². The van der Waals surface area contributed by atoms with Crippen molar-refractivity contribution >= 4 is 17.4 Å². The van der Waals surface area contributed by atoms with Crippen molar-refractivity contribution in [2.24, 2.45) is 10.4 Å². The van der Waals surface area contributed by atoms with Crippen LogP contribution in [0.1, 0.15) is 50.4 Å². The van der Waals surface area contributed by atoms with Crippen molar-refractivity contribution in [2.75, 3.05) is 6.54 Å². The van der Waals surface area contributed by atoms with Crippen molar-refractivity contribution in [1.82, 2.24) is 24.6 Å². The Bertz CT molecular complexity index is 1920. The van der Waals surface area contributed by atoms with Crippen LogP contribution in [-0.2, 0) is 6.42 Å². The van der Waals surface area contributed by atoms with Crippen LogP contribution in [0.2, 0.25) is 0 Å². The summed E-state index contributed by atoms with van der Waals surface area (Å²) < 4.78 is 58.6. The number of amides is 2. The predicted octanol–water partition coefficient (Wildman–Crippen LogP) is 8.14. The minimum Gasteiger partial charge on any atom is -0.406 e. The lowest BCUT2D eigenvalue weighted by Crippen LogP contribution is -2.35. The molecule has 0 aliphatic heterocycles. The van der Waals surface area contributed by atoms with Crippen LogP contribution >= 0.6 is 11.3 Å². The molecular formula is C34H34F4N6O2S. The quantitative estimate of drug-likeness (QED) is 0.161. The second kappa shape index (κ2) is 13.5. The molecule has 0 saturated carbocycles. The first-order valence-corrected chi connectivity index (χ1v) is 15.7. The molecule has 5 aromatic rings. The number of thiazole rings is 1. The summed E-state index contributed by atoms with van der Waals surface area (Å²) in [5, 5.41) is 9.31. The Morgan fingerprint density at radius 2 is 1.74 bits per heavy atom. The van der Waals surface area contributed by atoms with Crippen LogP contribution in [0.4, 0.5) is 22.4 Å². The molecule has 0 atom stereocenters. The highest BCUT2D eigenvalue weighted by Crippen LogP contribution is 2.27. The third kappa shape index (κ3) is 8.53. The number of hydrogen-bond acceptors (Lipinski definition) is 5. The highest BCUT2D eigenvalue weighted by molar-refractivity contribution is 7.07. The maximum Gasteiger partial charge on any atom is 0.573 e. The summed E-state index contributed by atoms with van der Waals surface area (Å²) in [5.41, 5.74) is 4.59. The number of alkyl halides is 3. The lowest BCUT2D eigenvalue weighted by molar-refractivity contribution is -0.274. The van der Waals surface area contributed by atoms with Gasteiger partial charge in [0.15, 0.2) is 10.6 Å². The molecule has 0 saturated heterocycles. The third-order valence-corrected chi connectivity index (χ3v) is 8.31. The van der Waals surface area contributed by atoms with Gasteiger partial charge in [-0.15, -0.1) is 29.6 Å². The van der Waals surface area contributed by atoms with Gasteiger partial charge in [-0.25, -0.2) is 18.9 Å². The zero-order chi connectivity index (χ0) is 33.9. The topological polar surface area (TPSA) is 86.3 Å². The monoisotopic (exact) mass is 666 g/mol. The van der Waals surface area contributed by atoms with E-state index >= 15 is 0 Å². The Labute approximate surface area is 273 Å². The largest absolute Gasteiger partial charge is 0.573 e. The molecule has 0 spiro atoms. The van der Waals surface area contributed by atoms with Gasteiger partial charge in [0, 0.05) is 23.2 Å². The molecule has 47 heavy (non-hydrogen) atoms. The van der Waals surface area contributed by atoms with E-state index in [9.17, 15) is 22.4 Å². The molecule has 8 nitrogen and oxygen atoms in total. The summed E-state index contributed by atoms with van der Waals surface area (Å²) in [7, 11) is 0. The SMILES string of the molecule is Cc1csc(=NC(=O)NCC(C)(C)Cc2ccc(-c3ncn(-c4ccc(OC(F)(F)F)cc4)n3)cc2)n1-c1ccc(F)cc1C(C)C. The third-order valence-electron chi connectivity index (χ3n) is 7.37. The molecule has 0 aliphatic carbocycles. The number of aromatic nitrogens is 4. The Balaban J connectivity index is 1.22. The van der Waals surface area contributed by atoms with E-state index in [1.807, 2.05) is 55.0 Å². The fourth-order valence-electron chi connectivity index (χ4n) is 5.10. The predicted molar refractivity (Wildman–Crippen MR) is 172 cm³/mol. The number of nitrogens with one attached hydrogen (secondary N) is 1. The van der Waals surface area contributed by atoms with E-state index < -0.39 is 12.4 Å². The molecular weight excluding hydrogens is 632 g/mol. The molecule has 2 heterocycles. The second-order valence-corrected chi connectivity index (χ2v) is 13.1. The normalized spacial score (nSPS) is 12.5. The molecule has 5 rings (SSSR count). The molecule has 0 radical (unpaired) electrons. The van der Waals surface area contributed by atoms with Gasteiger partial charge in [-0.2, -0.15) is 4.99 Å². The van der Waals surface area contributed by atoms with Gasteiger partial charge in [0.1, 0.15) is 17.9 Å². The van der Waals surface area contributed by atoms with Gasteiger partial charge < -0.3 is 10.1 Å². The van der Waals surface area contributed by atoms with Crippen LogP contribution in [0.5, 0.6) is 5.75 Å². The fraction of sp³-hybridized carbons (Fsp3) is 0.294. The Hall–Kier alpha value is -4.78. The number of nitrogens with zero attached hydrogens (tertiary/aromatic N) is 5. The average Bonchev–Trinajstić information content (AvgIpc) is 3.63. The van der Waals surface area contributed by atoms with Gasteiger partial charge >= 0.3 is 12.4 Å². The first-order valence-electron chi connectivity index (χ1n) is 14.8. The summed E-state index contributed by atoms with van der Waals surface area (Å²) in [5.74, 6) is -0.0877. The smallest absolute Gasteiger partial charge is 0.406 e. The van der Waals surface area contributed by atoms with Crippen LogP contribution in [0.15, 0.2) is 83.4 Å². The molecule has 2 aromatic heterocycles. The number of aryl methyl sites for hydroxylation is 1. The Morgan fingerprint density at radius 3 is 2.40 bits per heavy atom. The Kier molecular flexibility index (Phi) is 9.66. The second-order valence-electron chi connectivity index (χ2n) is 12.2. The van der Waals surface area contributed by atoms with E-state index in [2.05, 4.69) is 39.0 Å². The summed E-state index contributed by atoms with van der Waals surface area (Å²) in [6.07, 6.45) is -2.60. The van der Waals surface area contributed by atoms with E-state index in [0.717, 1.165) is 28.1 Å². The molecule has 0 unspecified atom stereocenters. The number of halogens is 4. The van der Waals surface area contributed by atoms with Crippen molar-refractivity contribution < 1.29 is 27.1 Å².